The molecule has 1 aliphatic heterocycles. The van der Waals surface area contributed by atoms with Gasteiger partial charge in [-0.3, -0.25) is 9.69 Å². The van der Waals surface area contributed by atoms with Crippen molar-refractivity contribution >= 4 is 29.9 Å². The van der Waals surface area contributed by atoms with Crippen molar-refractivity contribution in [2.24, 2.45) is 5.41 Å². The summed E-state index contributed by atoms with van der Waals surface area (Å²) in [5.41, 5.74) is 0.926. The predicted octanol–water partition coefficient (Wildman–Crippen LogP) is 2.89. The van der Waals surface area contributed by atoms with Crippen molar-refractivity contribution in [2.75, 3.05) is 39.3 Å². The van der Waals surface area contributed by atoms with Crippen LogP contribution in [0.5, 0.6) is 0 Å². The van der Waals surface area contributed by atoms with Gasteiger partial charge in [0.1, 0.15) is 0 Å². The number of carbonyl (C=O) groups excluding carboxylic acids is 1. The number of hydrogen-bond acceptors (Lipinski definition) is 3. The van der Waals surface area contributed by atoms with Crippen molar-refractivity contribution in [2.45, 2.75) is 32.1 Å². The van der Waals surface area contributed by atoms with Gasteiger partial charge in [-0.2, -0.15) is 0 Å². The van der Waals surface area contributed by atoms with Crippen LogP contribution in [0.15, 0.2) is 24.3 Å². The van der Waals surface area contributed by atoms with Gasteiger partial charge < -0.3 is 10.6 Å². The van der Waals surface area contributed by atoms with E-state index in [0.717, 1.165) is 76.4 Å². The lowest BCUT2D eigenvalue weighted by molar-refractivity contribution is -0.130. The van der Waals surface area contributed by atoms with Crippen molar-refractivity contribution in [3.8, 4) is 0 Å². The van der Waals surface area contributed by atoms with Gasteiger partial charge in [-0.15, -0.1) is 12.4 Å². The fourth-order valence-electron chi connectivity index (χ4n) is 4.02. The first kappa shape index (κ1) is 20.5. The molecule has 1 heterocycles. The molecule has 1 saturated heterocycles. The average molecular weight is 386 g/mol. The van der Waals surface area contributed by atoms with Gasteiger partial charge in [0.2, 0.25) is 5.91 Å². The van der Waals surface area contributed by atoms with Crippen LogP contribution in [0.25, 0.3) is 0 Å². The lowest BCUT2D eigenvalue weighted by atomic mass is 9.79. The number of nitrogens with one attached hydrogen (secondary N) is 2. The second-order valence-electron chi connectivity index (χ2n) is 7.14. The van der Waals surface area contributed by atoms with Crippen molar-refractivity contribution in [1.29, 1.82) is 0 Å². The lowest BCUT2D eigenvalue weighted by Crippen LogP contribution is -2.48. The third-order valence-electron chi connectivity index (χ3n) is 5.40. The number of hydrogen-bond donors (Lipinski definition) is 2. The van der Waals surface area contributed by atoms with Gasteiger partial charge in [-0.1, -0.05) is 36.6 Å². The number of carbonyl (C=O) groups is 1. The highest BCUT2D eigenvalue weighted by molar-refractivity contribution is 6.30. The van der Waals surface area contributed by atoms with Crippen LogP contribution in [-0.4, -0.2) is 50.1 Å². The molecule has 2 N–H and O–H groups in total. The first-order valence-corrected chi connectivity index (χ1v) is 9.52. The lowest BCUT2D eigenvalue weighted by Gasteiger charge is -2.30. The molecule has 1 amide bonds. The van der Waals surface area contributed by atoms with E-state index < -0.39 is 0 Å². The fourth-order valence-corrected chi connectivity index (χ4v) is 4.24. The van der Waals surface area contributed by atoms with E-state index in [1.807, 2.05) is 18.2 Å². The van der Waals surface area contributed by atoms with Crippen LogP contribution in [0.1, 0.15) is 31.2 Å². The SMILES string of the molecule is Cl.O=C(NCCN1CCNCC1)C1(Cc2cccc(Cl)c2)CCCC1. The van der Waals surface area contributed by atoms with Gasteiger partial charge in [0.15, 0.2) is 0 Å². The monoisotopic (exact) mass is 385 g/mol. The van der Waals surface area contributed by atoms with Crippen LogP contribution >= 0.6 is 24.0 Å². The predicted molar refractivity (Wildman–Crippen MR) is 106 cm³/mol. The van der Waals surface area contributed by atoms with Crippen molar-refractivity contribution < 1.29 is 4.79 Å². The molecular formula is C19H29Cl2N3O. The van der Waals surface area contributed by atoms with Crippen molar-refractivity contribution in [1.82, 2.24) is 15.5 Å². The molecule has 2 fully saturated rings. The van der Waals surface area contributed by atoms with Gasteiger partial charge in [0.25, 0.3) is 0 Å². The number of rotatable bonds is 6. The van der Waals surface area contributed by atoms with E-state index in [1.165, 1.54) is 5.56 Å². The Hall–Kier alpha value is -0.810. The number of benzene rings is 1. The average Bonchev–Trinajstić information content (AvgIpc) is 3.05. The summed E-state index contributed by atoms with van der Waals surface area (Å²) in [6.07, 6.45) is 5.06. The van der Waals surface area contributed by atoms with E-state index >= 15 is 0 Å². The summed E-state index contributed by atoms with van der Waals surface area (Å²) in [5, 5.41) is 7.32. The molecule has 4 nitrogen and oxygen atoms in total. The van der Waals surface area contributed by atoms with Crippen LogP contribution < -0.4 is 10.6 Å². The zero-order valence-corrected chi connectivity index (χ0v) is 16.3. The van der Waals surface area contributed by atoms with E-state index in [9.17, 15) is 4.79 Å². The summed E-state index contributed by atoms with van der Waals surface area (Å²) in [4.78, 5) is 15.3. The minimum absolute atomic E-state index is 0. The summed E-state index contributed by atoms with van der Waals surface area (Å²) in [7, 11) is 0. The smallest absolute Gasteiger partial charge is 0.226 e. The third-order valence-corrected chi connectivity index (χ3v) is 5.63. The van der Waals surface area contributed by atoms with E-state index in [-0.39, 0.29) is 23.7 Å². The molecule has 6 heteroatoms. The number of piperazine rings is 1. The van der Waals surface area contributed by atoms with Crippen molar-refractivity contribution in [3.63, 3.8) is 0 Å². The molecule has 0 aromatic heterocycles. The maximum atomic E-state index is 12.9. The highest BCUT2D eigenvalue weighted by atomic mass is 35.5. The number of amides is 1. The molecule has 0 radical (unpaired) electrons. The van der Waals surface area contributed by atoms with Crippen molar-refractivity contribution in [3.05, 3.63) is 34.9 Å². The molecule has 0 atom stereocenters. The largest absolute Gasteiger partial charge is 0.354 e. The van der Waals surface area contributed by atoms with E-state index in [4.69, 9.17) is 11.6 Å². The third kappa shape index (κ3) is 5.58. The number of nitrogens with zero attached hydrogens (tertiary/aromatic N) is 1. The van der Waals surface area contributed by atoms with Crippen LogP contribution in [0.4, 0.5) is 0 Å². The molecule has 1 saturated carbocycles. The Morgan fingerprint density at radius 3 is 2.64 bits per heavy atom. The van der Waals surface area contributed by atoms with Crippen LogP contribution in [0.3, 0.4) is 0 Å². The van der Waals surface area contributed by atoms with Gasteiger partial charge in [-0.05, 0) is 37.0 Å². The Labute approximate surface area is 162 Å². The number of halogens is 2. The topological polar surface area (TPSA) is 44.4 Å². The molecule has 140 valence electrons. The molecule has 3 rings (SSSR count). The first-order valence-electron chi connectivity index (χ1n) is 9.14. The molecule has 1 aromatic carbocycles. The summed E-state index contributed by atoms with van der Waals surface area (Å²) in [5.74, 6) is 0.232. The zero-order chi connectivity index (χ0) is 16.8. The molecule has 0 spiro atoms. The summed E-state index contributed by atoms with van der Waals surface area (Å²) < 4.78 is 0. The minimum atomic E-state index is -0.242. The van der Waals surface area contributed by atoms with Crippen LogP contribution in [-0.2, 0) is 11.2 Å². The van der Waals surface area contributed by atoms with Gasteiger partial charge in [0.05, 0.1) is 5.41 Å². The summed E-state index contributed by atoms with van der Waals surface area (Å²) in [6, 6.07) is 7.94. The summed E-state index contributed by atoms with van der Waals surface area (Å²) >= 11 is 6.11. The van der Waals surface area contributed by atoms with E-state index in [1.54, 1.807) is 0 Å². The standard InChI is InChI=1S/C19H28ClN3O.ClH/c20-17-5-3-4-16(14-17)15-19(6-1-2-7-19)18(24)22-10-13-23-11-8-21-9-12-23;/h3-5,14,21H,1-2,6-13,15H2,(H,22,24);1H. The molecule has 2 aliphatic rings. The van der Waals surface area contributed by atoms with E-state index in [0.29, 0.717) is 0 Å². The molecule has 1 aliphatic carbocycles. The zero-order valence-electron chi connectivity index (χ0n) is 14.7. The first-order chi connectivity index (χ1) is 11.7. The second-order valence-corrected chi connectivity index (χ2v) is 7.58. The molecule has 0 bridgehead atoms. The normalized spacial score (nSPS) is 20.0. The maximum Gasteiger partial charge on any atom is 0.226 e. The Balaban J connectivity index is 0.00000225. The van der Waals surface area contributed by atoms with Crippen LogP contribution in [0, 0.1) is 5.41 Å². The second kappa shape index (κ2) is 9.77. The Kier molecular flexibility index (Phi) is 8.01. The van der Waals surface area contributed by atoms with E-state index in [2.05, 4.69) is 21.6 Å². The Morgan fingerprint density at radius 1 is 1.24 bits per heavy atom. The molecular weight excluding hydrogens is 357 g/mol. The quantitative estimate of drug-likeness (QED) is 0.790. The summed E-state index contributed by atoms with van der Waals surface area (Å²) in [6.45, 7) is 5.93. The Morgan fingerprint density at radius 2 is 1.96 bits per heavy atom. The minimum Gasteiger partial charge on any atom is -0.354 e. The van der Waals surface area contributed by atoms with Crippen LogP contribution in [0.2, 0.25) is 5.02 Å². The fraction of sp³-hybridized carbons (Fsp3) is 0.632. The van der Waals surface area contributed by atoms with Gasteiger partial charge in [-0.25, -0.2) is 0 Å². The van der Waals surface area contributed by atoms with Gasteiger partial charge in [0, 0.05) is 44.3 Å². The Bertz CT molecular complexity index is 555. The molecule has 1 aromatic rings. The molecule has 0 unspecified atom stereocenters. The highest BCUT2D eigenvalue weighted by Gasteiger charge is 2.40. The molecule has 25 heavy (non-hydrogen) atoms. The highest BCUT2D eigenvalue weighted by Crippen LogP contribution is 2.41. The maximum absolute atomic E-state index is 12.9. The van der Waals surface area contributed by atoms with Gasteiger partial charge >= 0.3 is 0 Å².